The van der Waals surface area contributed by atoms with Crippen molar-refractivity contribution in [3.63, 3.8) is 0 Å². The lowest BCUT2D eigenvalue weighted by atomic mass is 9.76. The summed E-state index contributed by atoms with van der Waals surface area (Å²) in [5.41, 5.74) is 0.148. The molecule has 2 heteroatoms. The standard InChI is InChI=1S/C10H20O2/c1-5-6-10(4,9(2)3)7-12-8-11/h8-9H,5-7H2,1-4H3. The maximum atomic E-state index is 10.1. The van der Waals surface area contributed by atoms with Crippen molar-refractivity contribution < 1.29 is 9.53 Å². The minimum absolute atomic E-state index is 0.148. The first-order chi connectivity index (χ1) is 5.56. The molecule has 72 valence electrons. The molecule has 0 aromatic heterocycles. The Bertz CT molecular complexity index is 132. The molecule has 0 bridgehead atoms. The summed E-state index contributed by atoms with van der Waals surface area (Å²) in [4.78, 5) is 10.1. The van der Waals surface area contributed by atoms with Gasteiger partial charge in [0.25, 0.3) is 6.47 Å². The van der Waals surface area contributed by atoms with Gasteiger partial charge in [-0.3, -0.25) is 4.79 Å². The highest BCUT2D eigenvalue weighted by atomic mass is 16.5. The molecule has 0 aromatic rings. The summed E-state index contributed by atoms with van der Waals surface area (Å²) < 4.78 is 4.83. The van der Waals surface area contributed by atoms with E-state index in [9.17, 15) is 4.79 Å². The minimum Gasteiger partial charge on any atom is -0.467 e. The first kappa shape index (κ1) is 11.5. The van der Waals surface area contributed by atoms with Crippen LogP contribution in [-0.4, -0.2) is 13.1 Å². The maximum Gasteiger partial charge on any atom is 0.293 e. The second-order valence-corrected chi connectivity index (χ2v) is 3.97. The van der Waals surface area contributed by atoms with Gasteiger partial charge in [0, 0.05) is 5.41 Å². The summed E-state index contributed by atoms with van der Waals surface area (Å²) in [6.45, 7) is 9.75. The van der Waals surface area contributed by atoms with Crippen molar-refractivity contribution in [3.05, 3.63) is 0 Å². The zero-order chi connectivity index (χ0) is 9.61. The van der Waals surface area contributed by atoms with Gasteiger partial charge in [0.2, 0.25) is 0 Å². The van der Waals surface area contributed by atoms with Crippen LogP contribution in [0.15, 0.2) is 0 Å². The molecule has 0 amide bonds. The van der Waals surface area contributed by atoms with E-state index in [0.717, 1.165) is 12.8 Å². The van der Waals surface area contributed by atoms with Gasteiger partial charge in [-0.2, -0.15) is 0 Å². The maximum absolute atomic E-state index is 10.1. The third-order valence-electron chi connectivity index (χ3n) is 2.70. The Morgan fingerprint density at radius 3 is 2.42 bits per heavy atom. The van der Waals surface area contributed by atoms with Crippen molar-refractivity contribution >= 4 is 6.47 Å². The quantitative estimate of drug-likeness (QED) is 0.576. The Labute approximate surface area is 75.3 Å². The van der Waals surface area contributed by atoms with Crippen LogP contribution in [0.2, 0.25) is 0 Å². The van der Waals surface area contributed by atoms with E-state index in [1.807, 2.05) is 0 Å². The molecule has 2 nitrogen and oxygen atoms in total. The van der Waals surface area contributed by atoms with Gasteiger partial charge in [-0.05, 0) is 12.3 Å². The highest BCUT2D eigenvalue weighted by Gasteiger charge is 2.27. The largest absolute Gasteiger partial charge is 0.467 e. The Balaban J connectivity index is 4.07. The summed E-state index contributed by atoms with van der Waals surface area (Å²) in [5.74, 6) is 0.553. The minimum atomic E-state index is 0.148. The molecule has 1 atom stereocenters. The molecule has 0 radical (unpaired) electrons. The predicted molar refractivity (Wildman–Crippen MR) is 49.9 cm³/mol. The number of carbonyl (C=O) groups excluding carboxylic acids is 1. The summed E-state index contributed by atoms with van der Waals surface area (Å²) in [6, 6.07) is 0. The lowest BCUT2D eigenvalue weighted by molar-refractivity contribution is -0.133. The third kappa shape index (κ3) is 3.24. The van der Waals surface area contributed by atoms with Crippen LogP contribution in [0, 0.1) is 11.3 Å². The molecular formula is C10H20O2. The number of carbonyl (C=O) groups is 1. The third-order valence-corrected chi connectivity index (χ3v) is 2.70. The van der Waals surface area contributed by atoms with Crippen molar-refractivity contribution in [2.24, 2.45) is 11.3 Å². The smallest absolute Gasteiger partial charge is 0.293 e. The van der Waals surface area contributed by atoms with E-state index in [2.05, 4.69) is 27.7 Å². The molecule has 0 N–H and O–H groups in total. The van der Waals surface area contributed by atoms with Crippen molar-refractivity contribution in [2.45, 2.75) is 40.5 Å². The van der Waals surface area contributed by atoms with Crippen molar-refractivity contribution in [2.75, 3.05) is 6.61 Å². The van der Waals surface area contributed by atoms with Crippen LogP contribution in [0.25, 0.3) is 0 Å². The van der Waals surface area contributed by atoms with Crippen LogP contribution in [-0.2, 0) is 9.53 Å². The van der Waals surface area contributed by atoms with Gasteiger partial charge in [-0.15, -0.1) is 0 Å². The molecule has 0 aliphatic rings. The van der Waals surface area contributed by atoms with Gasteiger partial charge in [-0.25, -0.2) is 0 Å². The molecule has 0 rings (SSSR count). The Morgan fingerprint density at radius 2 is 2.08 bits per heavy atom. The molecule has 0 spiro atoms. The molecule has 1 unspecified atom stereocenters. The molecule has 0 aliphatic heterocycles. The average Bonchev–Trinajstić information content (AvgIpc) is 2.01. The van der Waals surface area contributed by atoms with Gasteiger partial charge in [0.15, 0.2) is 0 Å². The second-order valence-electron chi connectivity index (χ2n) is 3.97. The van der Waals surface area contributed by atoms with Crippen LogP contribution < -0.4 is 0 Å². The summed E-state index contributed by atoms with van der Waals surface area (Å²) in [6.07, 6.45) is 2.25. The molecule has 0 fully saturated rings. The SMILES string of the molecule is CCCC(C)(COC=O)C(C)C. The summed E-state index contributed by atoms with van der Waals surface area (Å²) in [5, 5.41) is 0. The fraction of sp³-hybridized carbons (Fsp3) is 0.900. The number of rotatable bonds is 6. The van der Waals surface area contributed by atoms with E-state index in [1.165, 1.54) is 0 Å². The molecule has 0 heterocycles. The first-order valence-corrected chi connectivity index (χ1v) is 4.62. The predicted octanol–water partition coefficient (Wildman–Crippen LogP) is 2.62. The highest BCUT2D eigenvalue weighted by Crippen LogP contribution is 2.32. The molecule has 12 heavy (non-hydrogen) atoms. The second kappa shape index (κ2) is 5.18. The van der Waals surface area contributed by atoms with Crippen molar-refractivity contribution in [3.8, 4) is 0 Å². The first-order valence-electron chi connectivity index (χ1n) is 4.62. The van der Waals surface area contributed by atoms with Crippen LogP contribution in [0.5, 0.6) is 0 Å². The van der Waals surface area contributed by atoms with Crippen LogP contribution in [0.1, 0.15) is 40.5 Å². The van der Waals surface area contributed by atoms with E-state index in [-0.39, 0.29) is 5.41 Å². The molecule has 0 saturated carbocycles. The fourth-order valence-electron chi connectivity index (χ4n) is 1.32. The van der Waals surface area contributed by atoms with Gasteiger partial charge in [0.05, 0.1) is 6.61 Å². The van der Waals surface area contributed by atoms with Gasteiger partial charge >= 0.3 is 0 Å². The Morgan fingerprint density at radius 1 is 1.50 bits per heavy atom. The molecular weight excluding hydrogens is 152 g/mol. The number of ether oxygens (including phenoxy) is 1. The van der Waals surface area contributed by atoms with Crippen molar-refractivity contribution in [1.29, 1.82) is 0 Å². The normalized spacial score (nSPS) is 15.8. The zero-order valence-electron chi connectivity index (χ0n) is 8.59. The number of hydrogen-bond donors (Lipinski definition) is 0. The molecule has 0 aliphatic carbocycles. The highest BCUT2D eigenvalue weighted by molar-refractivity contribution is 5.37. The van der Waals surface area contributed by atoms with Crippen molar-refractivity contribution in [1.82, 2.24) is 0 Å². The van der Waals surface area contributed by atoms with E-state index in [0.29, 0.717) is 19.0 Å². The summed E-state index contributed by atoms with van der Waals surface area (Å²) in [7, 11) is 0. The van der Waals surface area contributed by atoms with Gasteiger partial charge in [0.1, 0.15) is 0 Å². The van der Waals surface area contributed by atoms with Crippen LogP contribution in [0.4, 0.5) is 0 Å². The van der Waals surface area contributed by atoms with Crippen LogP contribution >= 0.6 is 0 Å². The van der Waals surface area contributed by atoms with E-state index in [1.54, 1.807) is 0 Å². The van der Waals surface area contributed by atoms with Crippen LogP contribution in [0.3, 0.4) is 0 Å². The number of hydrogen-bond acceptors (Lipinski definition) is 2. The van der Waals surface area contributed by atoms with Gasteiger partial charge < -0.3 is 4.74 Å². The molecule has 0 saturated heterocycles. The Hall–Kier alpha value is -0.530. The lowest BCUT2D eigenvalue weighted by Crippen LogP contribution is -2.29. The topological polar surface area (TPSA) is 26.3 Å². The Kier molecular flexibility index (Phi) is 4.95. The summed E-state index contributed by atoms with van der Waals surface area (Å²) >= 11 is 0. The van der Waals surface area contributed by atoms with Gasteiger partial charge in [-0.1, -0.05) is 34.1 Å². The lowest BCUT2D eigenvalue weighted by Gasteiger charge is -2.32. The van der Waals surface area contributed by atoms with E-state index in [4.69, 9.17) is 4.74 Å². The zero-order valence-corrected chi connectivity index (χ0v) is 8.59. The van der Waals surface area contributed by atoms with E-state index >= 15 is 0 Å². The van der Waals surface area contributed by atoms with E-state index < -0.39 is 0 Å². The average molecular weight is 172 g/mol. The molecule has 0 aromatic carbocycles. The monoisotopic (exact) mass is 172 g/mol. The fourth-order valence-corrected chi connectivity index (χ4v) is 1.32.